The first-order chi connectivity index (χ1) is 14.1. The highest BCUT2D eigenvalue weighted by molar-refractivity contribution is 5.78. The van der Waals surface area contributed by atoms with Gasteiger partial charge in [0.15, 0.2) is 5.82 Å². The van der Waals surface area contributed by atoms with Gasteiger partial charge in [0, 0.05) is 32.2 Å². The van der Waals surface area contributed by atoms with Crippen LogP contribution in [0.25, 0.3) is 0 Å². The second kappa shape index (κ2) is 8.70. The van der Waals surface area contributed by atoms with Crippen molar-refractivity contribution in [3.63, 3.8) is 0 Å². The molecule has 1 aromatic rings. The van der Waals surface area contributed by atoms with Gasteiger partial charge < -0.3 is 19.6 Å². The summed E-state index contributed by atoms with van der Waals surface area (Å²) in [5.74, 6) is -2.35. The van der Waals surface area contributed by atoms with Gasteiger partial charge in [-0.25, -0.2) is 19.2 Å². The number of carboxylic acid groups (broad SMARTS) is 1. The molecular weight excluding hydrogens is 412 g/mol. The minimum atomic E-state index is -5.08. The molecule has 0 aliphatic carbocycles. The van der Waals surface area contributed by atoms with Gasteiger partial charge in [0.2, 0.25) is 11.9 Å². The zero-order valence-electron chi connectivity index (χ0n) is 16.1. The van der Waals surface area contributed by atoms with Crippen LogP contribution in [-0.4, -0.2) is 75.9 Å². The lowest BCUT2D eigenvalue weighted by Gasteiger charge is -2.41. The number of carbonyl (C=O) groups excluding carboxylic acids is 1. The molecule has 4 rings (SSSR count). The molecule has 0 saturated carbocycles. The van der Waals surface area contributed by atoms with Crippen molar-refractivity contribution in [2.75, 3.05) is 31.1 Å². The first-order valence-electron chi connectivity index (χ1n) is 9.56. The monoisotopic (exact) mass is 434 g/mol. The number of nitrogens with zero attached hydrogens (tertiary/aromatic N) is 4. The van der Waals surface area contributed by atoms with Crippen molar-refractivity contribution in [1.29, 1.82) is 0 Å². The molecule has 2 atom stereocenters. The molecule has 3 aliphatic heterocycles. The lowest BCUT2D eigenvalue weighted by atomic mass is 9.89. The minimum Gasteiger partial charge on any atom is -0.475 e. The number of hydrogen-bond donors (Lipinski definition) is 1. The van der Waals surface area contributed by atoms with Crippen LogP contribution in [0.5, 0.6) is 0 Å². The number of alkyl halides is 3. The predicted molar refractivity (Wildman–Crippen MR) is 95.2 cm³/mol. The number of anilines is 1. The molecule has 1 N–H and O–H groups in total. The van der Waals surface area contributed by atoms with Crippen LogP contribution in [0.15, 0.2) is 12.4 Å². The van der Waals surface area contributed by atoms with Gasteiger partial charge in [-0.3, -0.25) is 4.79 Å². The third kappa shape index (κ3) is 5.15. The van der Waals surface area contributed by atoms with E-state index in [1.54, 1.807) is 0 Å². The maximum absolute atomic E-state index is 13.0. The van der Waals surface area contributed by atoms with Crippen molar-refractivity contribution in [1.82, 2.24) is 14.9 Å². The van der Waals surface area contributed by atoms with Crippen LogP contribution in [0, 0.1) is 5.82 Å². The number of carbonyl (C=O) groups is 2. The van der Waals surface area contributed by atoms with Crippen molar-refractivity contribution in [3.05, 3.63) is 18.2 Å². The van der Waals surface area contributed by atoms with Crippen LogP contribution >= 0.6 is 0 Å². The van der Waals surface area contributed by atoms with Gasteiger partial charge in [0.25, 0.3) is 0 Å². The Balaban J connectivity index is 0.000000318. The molecule has 3 aliphatic rings. The van der Waals surface area contributed by atoms with Crippen LogP contribution in [0.2, 0.25) is 0 Å². The number of halogens is 4. The number of rotatable bonds is 2. The van der Waals surface area contributed by atoms with E-state index < -0.39 is 18.0 Å². The zero-order valence-corrected chi connectivity index (χ0v) is 16.1. The Bertz CT molecular complexity index is 776. The molecule has 0 unspecified atom stereocenters. The SMILES string of the molecule is O=C(O)C(F)(F)F.O=C1CCCN1[C@H]1CCO[C@]2(CCN(c3ncc(F)cn3)C2)C1. The number of hydrogen-bond acceptors (Lipinski definition) is 6. The van der Waals surface area contributed by atoms with E-state index in [0.717, 1.165) is 38.8 Å². The minimum absolute atomic E-state index is 0.233. The average Bonchev–Trinajstić information content (AvgIpc) is 3.29. The van der Waals surface area contributed by atoms with E-state index in [1.807, 2.05) is 9.80 Å². The van der Waals surface area contributed by atoms with Gasteiger partial charge in [-0.05, 0) is 25.7 Å². The molecule has 4 heterocycles. The normalized spacial score (nSPS) is 26.7. The number of aliphatic carboxylic acids is 1. The molecule has 0 radical (unpaired) electrons. The summed E-state index contributed by atoms with van der Waals surface area (Å²) in [4.78, 5) is 33.1. The highest BCUT2D eigenvalue weighted by Gasteiger charge is 2.46. The Morgan fingerprint density at radius 2 is 1.93 bits per heavy atom. The van der Waals surface area contributed by atoms with Gasteiger partial charge in [0.05, 0.1) is 24.5 Å². The highest BCUT2D eigenvalue weighted by atomic mass is 19.4. The molecule has 1 aromatic heterocycles. The molecule has 12 heteroatoms. The Morgan fingerprint density at radius 1 is 1.27 bits per heavy atom. The van der Waals surface area contributed by atoms with Gasteiger partial charge in [0.1, 0.15) is 0 Å². The van der Waals surface area contributed by atoms with Crippen LogP contribution in [-0.2, 0) is 14.3 Å². The van der Waals surface area contributed by atoms with E-state index >= 15 is 0 Å². The summed E-state index contributed by atoms with van der Waals surface area (Å²) in [5.41, 5.74) is -0.233. The molecule has 3 fully saturated rings. The van der Waals surface area contributed by atoms with Crippen molar-refractivity contribution >= 4 is 17.8 Å². The molecular formula is C18H22F4N4O4. The van der Waals surface area contributed by atoms with Crippen LogP contribution < -0.4 is 4.90 Å². The summed E-state index contributed by atoms with van der Waals surface area (Å²) in [6, 6.07) is 0.285. The zero-order chi connectivity index (χ0) is 21.9. The number of ether oxygens (including phenoxy) is 1. The number of likely N-dealkylation sites (tertiary alicyclic amines) is 1. The molecule has 8 nitrogen and oxygen atoms in total. The van der Waals surface area contributed by atoms with Gasteiger partial charge in [-0.2, -0.15) is 13.2 Å². The van der Waals surface area contributed by atoms with E-state index in [-0.39, 0.29) is 17.6 Å². The Hall–Kier alpha value is -2.50. The van der Waals surface area contributed by atoms with Crippen molar-refractivity contribution in [2.45, 2.75) is 49.9 Å². The molecule has 30 heavy (non-hydrogen) atoms. The number of amides is 1. The fraction of sp³-hybridized carbons (Fsp3) is 0.667. The van der Waals surface area contributed by atoms with Crippen LogP contribution in [0.1, 0.15) is 32.1 Å². The summed E-state index contributed by atoms with van der Waals surface area (Å²) < 4.78 is 50.8. The Morgan fingerprint density at radius 3 is 2.50 bits per heavy atom. The van der Waals surface area contributed by atoms with E-state index in [2.05, 4.69) is 9.97 Å². The average molecular weight is 434 g/mol. The number of aromatic nitrogens is 2. The predicted octanol–water partition coefficient (Wildman–Crippen LogP) is 2.00. The highest BCUT2D eigenvalue weighted by Crippen LogP contribution is 2.37. The second-order valence-electron chi connectivity index (χ2n) is 7.54. The first kappa shape index (κ1) is 22.2. The summed E-state index contributed by atoms with van der Waals surface area (Å²) in [5, 5.41) is 7.12. The van der Waals surface area contributed by atoms with E-state index in [9.17, 15) is 22.4 Å². The quantitative estimate of drug-likeness (QED) is 0.712. The summed E-state index contributed by atoms with van der Waals surface area (Å²) in [6.07, 6.45) is 1.64. The van der Waals surface area contributed by atoms with E-state index in [0.29, 0.717) is 25.5 Å². The van der Waals surface area contributed by atoms with Gasteiger partial charge in [-0.15, -0.1) is 0 Å². The van der Waals surface area contributed by atoms with Gasteiger partial charge in [-0.1, -0.05) is 0 Å². The third-order valence-electron chi connectivity index (χ3n) is 5.47. The number of carboxylic acids is 1. The Labute approximate surface area is 169 Å². The maximum atomic E-state index is 13.0. The largest absolute Gasteiger partial charge is 0.490 e. The first-order valence-corrected chi connectivity index (χ1v) is 9.56. The topological polar surface area (TPSA) is 95.9 Å². The summed E-state index contributed by atoms with van der Waals surface area (Å²) in [6.45, 7) is 3.07. The van der Waals surface area contributed by atoms with E-state index in [1.165, 1.54) is 12.4 Å². The summed E-state index contributed by atoms with van der Waals surface area (Å²) in [7, 11) is 0. The molecule has 166 valence electrons. The lowest BCUT2D eigenvalue weighted by molar-refractivity contribution is -0.192. The smallest absolute Gasteiger partial charge is 0.475 e. The maximum Gasteiger partial charge on any atom is 0.490 e. The lowest BCUT2D eigenvalue weighted by Crippen LogP contribution is -2.50. The second-order valence-corrected chi connectivity index (χ2v) is 7.54. The van der Waals surface area contributed by atoms with Gasteiger partial charge >= 0.3 is 12.1 Å². The molecule has 0 aromatic carbocycles. The fourth-order valence-electron chi connectivity index (χ4n) is 4.09. The van der Waals surface area contributed by atoms with Crippen LogP contribution in [0.4, 0.5) is 23.5 Å². The fourth-order valence-corrected chi connectivity index (χ4v) is 4.09. The molecule has 3 saturated heterocycles. The van der Waals surface area contributed by atoms with Crippen LogP contribution in [0.3, 0.4) is 0 Å². The van der Waals surface area contributed by atoms with E-state index in [4.69, 9.17) is 14.6 Å². The van der Waals surface area contributed by atoms with Crippen molar-refractivity contribution < 1.29 is 37.0 Å². The molecule has 1 amide bonds. The standard InChI is InChI=1S/C16H21FN4O2.C2HF3O2/c17-12-9-18-15(19-10-12)20-6-4-16(11-20)8-13(3-7-23-16)21-5-1-2-14(21)22;3-2(4,5)1(6)7/h9-10,13H,1-8,11H2;(H,6,7)/t13-,16+;/m0./s1. The molecule has 1 spiro atoms. The third-order valence-corrected chi connectivity index (χ3v) is 5.47. The Kier molecular flexibility index (Phi) is 6.44. The summed E-state index contributed by atoms with van der Waals surface area (Å²) >= 11 is 0. The molecule has 0 bridgehead atoms. The van der Waals surface area contributed by atoms with Crippen molar-refractivity contribution in [3.8, 4) is 0 Å². The van der Waals surface area contributed by atoms with Crippen molar-refractivity contribution in [2.24, 2.45) is 0 Å².